The minimum absolute atomic E-state index is 0.128. The van der Waals surface area contributed by atoms with Crippen molar-refractivity contribution in [2.45, 2.75) is 18.7 Å². The van der Waals surface area contributed by atoms with E-state index in [9.17, 15) is 8.42 Å². The number of sulfonamides is 1. The van der Waals surface area contributed by atoms with Crippen LogP contribution in [-0.2, 0) is 10.0 Å². The van der Waals surface area contributed by atoms with Gasteiger partial charge >= 0.3 is 0 Å². The number of hydrogen-bond acceptors (Lipinski definition) is 4. The fraction of sp³-hybridized carbons (Fsp3) is 0.333. The molecule has 0 fully saturated rings. The third-order valence-corrected chi connectivity index (χ3v) is 3.72. The number of ether oxygens (including phenoxy) is 1. The third kappa shape index (κ3) is 3.75. The molecule has 0 atom stereocenters. The second kappa shape index (κ2) is 5.88. The van der Waals surface area contributed by atoms with Gasteiger partial charge in [0.2, 0.25) is 10.0 Å². The molecule has 0 bridgehead atoms. The van der Waals surface area contributed by atoms with Gasteiger partial charge in [0, 0.05) is 6.54 Å². The van der Waals surface area contributed by atoms with Crippen LogP contribution in [0.3, 0.4) is 0 Å². The third-order valence-electron chi connectivity index (χ3n) is 2.30. The van der Waals surface area contributed by atoms with Crippen molar-refractivity contribution in [3.8, 4) is 5.75 Å². The Morgan fingerprint density at radius 1 is 1.44 bits per heavy atom. The minimum atomic E-state index is -3.53. The van der Waals surface area contributed by atoms with Gasteiger partial charge in [0.15, 0.2) is 0 Å². The van der Waals surface area contributed by atoms with E-state index in [1.54, 1.807) is 6.08 Å². The first-order valence-electron chi connectivity index (χ1n) is 5.43. The van der Waals surface area contributed by atoms with E-state index in [1.165, 1.54) is 25.3 Å². The van der Waals surface area contributed by atoms with Crippen LogP contribution in [0.5, 0.6) is 5.75 Å². The van der Waals surface area contributed by atoms with Gasteiger partial charge in [-0.2, -0.15) is 0 Å². The van der Waals surface area contributed by atoms with Crippen LogP contribution in [0.25, 0.3) is 0 Å². The number of benzene rings is 1. The Kier molecular flexibility index (Phi) is 4.75. The average Bonchev–Trinajstić information content (AvgIpc) is 2.28. The first kappa shape index (κ1) is 14.5. The second-order valence-electron chi connectivity index (χ2n) is 4.04. The van der Waals surface area contributed by atoms with Crippen molar-refractivity contribution in [3.05, 3.63) is 29.8 Å². The molecule has 18 heavy (non-hydrogen) atoms. The van der Waals surface area contributed by atoms with Crippen molar-refractivity contribution in [1.29, 1.82) is 0 Å². The van der Waals surface area contributed by atoms with Crippen molar-refractivity contribution >= 4 is 15.7 Å². The summed E-state index contributed by atoms with van der Waals surface area (Å²) >= 11 is 0. The van der Waals surface area contributed by atoms with Gasteiger partial charge in [-0.25, -0.2) is 13.1 Å². The van der Waals surface area contributed by atoms with Gasteiger partial charge in [-0.05, 0) is 32.0 Å². The van der Waals surface area contributed by atoms with E-state index in [4.69, 9.17) is 10.5 Å². The molecule has 1 aromatic rings. The predicted molar refractivity (Wildman–Crippen MR) is 72.0 cm³/mol. The number of allylic oxidation sites excluding steroid dienone is 1. The molecule has 0 amide bonds. The SMILES string of the molecule is COc1ccc(S(=O)(=O)NCC=C(C)C)cc1N. The Labute approximate surface area is 108 Å². The zero-order valence-electron chi connectivity index (χ0n) is 10.7. The standard InChI is InChI=1S/C12H18N2O3S/c1-9(2)6-7-14-18(15,16)10-4-5-12(17-3)11(13)8-10/h4-6,8,14H,7,13H2,1-3H3. The fourth-order valence-corrected chi connectivity index (χ4v) is 2.32. The molecule has 0 heterocycles. The van der Waals surface area contributed by atoms with Gasteiger partial charge in [0.1, 0.15) is 5.75 Å². The van der Waals surface area contributed by atoms with Gasteiger partial charge in [-0.1, -0.05) is 11.6 Å². The smallest absolute Gasteiger partial charge is 0.240 e. The van der Waals surface area contributed by atoms with E-state index >= 15 is 0 Å². The van der Waals surface area contributed by atoms with E-state index in [2.05, 4.69) is 4.72 Å². The number of nitrogens with two attached hydrogens (primary N) is 1. The molecule has 3 N–H and O–H groups in total. The Hall–Kier alpha value is -1.53. The van der Waals surface area contributed by atoms with E-state index < -0.39 is 10.0 Å². The van der Waals surface area contributed by atoms with Crippen LogP contribution < -0.4 is 15.2 Å². The summed E-state index contributed by atoms with van der Waals surface area (Å²) in [4.78, 5) is 0.128. The van der Waals surface area contributed by atoms with Crippen LogP contribution in [0.4, 0.5) is 5.69 Å². The predicted octanol–water partition coefficient (Wildman–Crippen LogP) is 1.52. The summed E-state index contributed by atoms with van der Waals surface area (Å²) in [6.07, 6.45) is 1.80. The lowest BCUT2D eigenvalue weighted by Gasteiger charge is -2.08. The molecule has 6 heteroatoms. The van der Waals surface area contributed by atoms with E-state index in [-0.39, 0.29) is 11.4 Å². The Morgan fingerprint density at radius 2 is 2.11 bits per heavy atom. The molecular formula is C12H18N2O3S. The van der Waals surface area contributed by atoms with Gasteiger partial charge in [-0.3, -0.25) is 0 Å². The molecule has 5 nitrogen and oxygen atoms in total. The summed E-state index contributed by atoms with van der Waals surface area (Å²) in [6, 6.07) is 4.37. The number of hydrogen-bond donors (Lipinski definition) is 2. The summed E-state index contributed by atoms with van der Waals surface area (Å²) in [5.74, 6) is 0.457. The maximum absolute atomic E-state index is 11.9. The zero-order chi connectivity index (χ0) is 13.8. The van der Waals surface area contributed by atoms with Crippen molar-refractivity contribution in [1.82, 2.24) is 4.72 Å². The molecule has 0 aliphatic carbocycles. The molecule has 0 saturated carbocycles. The number of methoxy groups -OCH3 is 1. The maximum Gasteiger partial charge on any atom is 0.240 e. The lowest BCUT2D eigenvalue weighted by atomic mass is 10.3. The summed E-state index contributed by atoms with van der Waals surface area (Å²) in [7, 11) is -2.05. The topological polar surface area (TPSA) is 81.4 Å². The van der Waals surface area contributed by atoms with Crippen LogP contribution >= 0.6 is 0 Å². The first-order chi connectivity index (χ1) is 8.36. The summed E-state index contributed by atoms with van der Waals surface area (Å²) < 4.78 is 31.3. The van der Waals surface area contributed by atoms with Gasteiger partial charge in [-0.15, -0.1) is 0 Å². The first-order valence-corrected chi connectivity index (χ1v) is 6.91. The molecule has 0 aromatic heterocycles. The molecule has 0 aliphatic heterocycles. The molecule has 0 aliphatic rings. The van der Waals surface area contributed by atoms with Crippen LogP contribution in [-0.4, -0.2) is 22.1 Å². The number of anilines is 1. The van der Waals surface area contributed by atoms with Gasteiger partial charge in [0.05, 0.1) is 17.7 Å². The number of rotatable bonds is 5. The average molecular weight is 270 g/mol. The largest absolute Gasteiger partial charge is 0.495 e. The second-order valence-corrected chi connectivity index (χ2v) is 5.80. The quantitative estimate of drug-likeness (QED) is 0.628. The number of nitrogens with one attached hydrogen (secondary N) is 1. The van der Waals surface area contributed by atoms with E-state index in [1.807, 2.05) is 13.8 Å². The van der Waals surface area contributed by atoms with E-state index in [0.29, 0.717) is 11.4 Å². The highest BCUT2D eigenvalue weighted by atomic mass is 32.2. The van der Waals surface area contributed by atoms with Crippen LogP contribution in [0.2, 0.25) is 0 Å². The van der Waals surface area contributed by atoms with Crippen LogP contribution in [0.1, 0.15) is 13.8 Å². The Balaban J connectivity index is 2.92. The van der Waals surface area contributed by atoms with E-state index in [0.717, 1.165) is 5.57 Å². The molecule has 0 radical (unpaired) electrons. The van der Waals surface area contributed by atoms with Crippen LogP contribution in [0, 0.1) is 0 Å². The highest BCUT2D eigenvalue weighted by molar-refractivity contribution is 7.89. The fourth-order valence-electron chi connectivity index (χ4n) is 1.32. The Bertz CT molecular complexity index is 546. The molecule has 100 valence electrons. The molecule has 0 saturated heterocycles. The highest BCUT2D eigenvalue weighted by Gasteiger charge is 2.14. The highest BCUT2D eigenvalue weighted by Crippen LogP contribution is 2.24. The Morgan fingerprint density at radius 3 is 2.61 bits per heavy atom. The zero-order valence-corrected chi connectivity index (χ0v) is 11.5. The van der Waals surface area contributed by atoms with Gasteiger partial charge in [0.25, 0.3) is 0 Å². The lowest BCUT2D eigenvalue weighted by molar-refractivity contribution is 0.416. The van der Waals surface area contributed by atoms with Crippen molar-refractivity contribution in [3.63, 3.8) is 0 Å². The molecular weight excluding hydrogens is 252 g/mol. The van der Waals surface area contributed by atoms with Crippen molar-refractivity contribution in [2.24, 2.45) is 0 Å². The van der Waals surface area contributed by atoms with Crippen molar-refractivity contribution < 1.29 is 13.2 Å². The molecule has 1 aromatic carbocycles. The minimum Gasteiger partial charge on any atom is -0.495 e. The van der Waals surface area contributed by atoms with Gasteiger partial charge < -0.3 is 10.5 Å². The molecule has 0 unspecified atom stereocenters. The number of nitrogen functional groups attached to an aromatic ring is 1. The van der Waals surface area contributed by atoms with Crippen LogP contribution in [0.15, 0.2) is 34.7 Å². The molecule has 1 rings (SSSR count). The monoisotopic (exact) mass is 270 g/mol. The normalized spacial score (nSPS) is 11.1. The maximum atomic E-state index is 11.9. The summed E-state index contributed by atoms with van der Waals surface area (Å²) in [5.41, 5.74) is 7.02. The molecule has 0 spiro atoms. The lowest BCUT2D eigenvalue weighted by Crippen LogP contribution is -2.24. The summed E-state index contributed by atoms with van der Waals surface area (Å²) in [5, 5.41) is 0. The summed E-state index contributed by atoms with van der Waals surface area (Å²) in [6.45, 7) is 4.07. The van der Waals surface area contributed by atoms with Crippen molar-refractivity contribution in [2.75, 3.05) is 19.4 Å².